The number of hydrogen-bond donors (Lipinski definition) is 1. The van der Waals surface area contributed by atoms with Gasteiger partial charge in [-0.15, -0.1) is 0 Å². The first kappa shape index (κ1) is 28.2. The van der Waals surface area contributed by atoms with E-state index in [1.165, 1.54) is 18.2 Å². The zero-order valence-electron chi connectivity index (χ0n) is 20.7. The highest BCUT2D eigenvalue weighted by Crippen LogP contribution is 2.36. The normalized spacial score (nSPS) is 22.1. The summed E-state index contributed by atoms with van der Waals surface area (Å²) in [5.74, 6) is -0.205. The molecule has 1 aliphatic rings. The molecule has 0 radical (unpaired) electrons. The van der Waals surface area contributed by atoms with Crippen molar-refractivity contribution >= 4 is 46.4 Å². The third-order valence-corrected chi connectivity index (χ3v) is 8.31. The Hall–Kier alpha value is -1.33. The molecular weight excluding hydrogens is 508 g/mol. The van der Waals surface area contributed by atoms with Gasteiger partial charge in [0.1, 0.15) is 5.82 Å². The molecule has 7 heteroatoms. The predicted molar refractivity (Wildman–Crippen MR) is 144 cm³/mol. The molecule has 0 heterocycles. The number of anilines is 1. The first-order chi connectivity index (χ1) is 16.7. The molecule has 0 aliphatic heterocycles. The molecule has 4 unspecified atom stereocenters. The van der Waals surface area contributed by atoms with Crippen molar-refractivity contribution < 1.29 is 13.9 Å². The Labute approximate surface area is 223 Å². The van der Waals surface area contributed by atoms with Crippen LogP contribution < -0.4 is 5.32 Å². The summed E-state index contributed by atoms with van der Waals surface area (Å²) in [4.78, 5) is 13.0. The van der Waals surface area contributed by atoms with Gasteiger partial charge in [-0.3, -0.25) is 4.79 Å². The summed E-state index contributed by atoms with van der Waals surface area (Å²) in [6.45, 7) is 4.05. The van der Waals surface area contributed by atoms with Crippen LogP contribution >= 0.6 is 34.8 Å². The van der Waals surface area contributed by atoms with E-state index in [1.807, 2.05) is 19.1 Å². The number of methoxy groups -OCH3 is 1. The smallest absolute Gasteiger partial charge is 0.227 e. The maximum atomic E-state index is 13.5. The lowest BCUT2D eigenvalue weighted by atomic mass is 9.83. The first-order valence-corrected chi connectivity index (χ1v) is 13.6. The van der Waals surface area contributed by atoms with Gasteiger partial charge in [0.25, 0.3) is 0 Å². The third-order valence-electron chi connectivity index (χ3n) is 7.34. The summed E-state index contributed by atoms with van der Waals surface area (Å²) < 4.78 is 19.4. The van der Waals surface area contributed by atoms with Gasteiger partial charge in [-0.25, -0.2) is 4.39 Å². The number of carbonyl (C=O) groups is 1. The zero-order chi connectivity index (χ0) is 25.5. The number of hydrogen-bond acceptors (Lipinski definition) is 2. The van der Waals surface area contributed by atoms with Crippen LogP contribution in [0.25, 0.3) is 0 Å². The molecule has 1 N–H and O–H groups in total. The highest BCUT2D eigenvalue weighted by Gasteiger charge is 2.30. The summed E-state index contributed by atoms with van der Waals surface area (Å²) in [6.07, 6.45) is 7.64. The van der Waals surface area contributed by atoms with Crippen LogP contribution in [0.3, 0.4) is 0 Å². The molecule has 35 heavy (non-hydrogen) atoms. The molecule has 0 aromatic heterocycles. The lowest BCUT2D eigenvalue weighted by Crippen LogP contribution is -2.30. The number of halogens is 4. The van der Waals surface area contributed by atoms with Crippen LogP contribution in [0.15, 0.2) is 30.3 Å². The predicted octanol–water partition coefficient (Wildman–Crippen LogP) is 8.77. The van der Waals surface area contributed by atoms with E-state index in [-0.39, 0.29) is 28.9 Å². The summed E-state index contributed by atoms with van der Waals surface area (Å²) in [5.41, 5.74) is 2.67. The molecule has 1 saturated carbocycles. The van der Waals surface area contributed by atoms with Crippen LogP contribution in [0, 0.1) is 23.6 Å². The van der Waals surface area contributed by atoms with Crippen molar-refractivity contribution in [1.29, 1.82) is 0 Å². The Bertz CT molecular complexity index is 993. The molecule has 1 fully saturated rings. The van der Waals surface area contributed by atoms with E-state index in [4.69, 9.17) is 39.5 Å². The van der Waals surface area contributed by atoms with Crippen molar-refractivity contribution in [1.82, 2.24) is 0 Å². The van der Waals surface area contributed by atoms with Crippen molar-refractivity contribution in [2.45, 2.75) is 71.3 Å². The van der Waals surface area contributed by atoms with Crippen molar-refractivity contribution in [2.75, 3.05) is 12.4 Å². The van der Waals surface area contributed by atoms with Gasteiger partial charge in [-0.2, -0.15) is 0 Å². The monoisotopic (exact) mass is 541 g/mol. The topological polar surface area (TPSA) is 38.3 Å². The van der Waals surface area contributed by atoms with E-state index in [2.05, 4.69) is 12.2 Å². The average Bonchev–Trinajstić information content (AvgIpc) is 2.93. The molecule has 2 aromatic rings. The molecule has 3 nitrogen and oxygen atoms in total. The molecule has 3 rings (SSSR count). The Morgan fingerprint density at radius 2 is 1.77 bits per heavy atom. The molecule has 0 spiro atoms. The Morgan fingerprint density at radius 1 is 1.09 bits per heavy atom. The van der Waals surface area contributed by atoms with E-state index in [0.717, 1.165) is 72.5 Å². The number of rotatable bonds is 7. The van der Waals surface area contributed by atoms with Crippen molar-refractivity contribution in [3.63, 3.8) is 0 Å². The molecule has 4 atom stereocenters. The van der Waals surface area contributed by atoms with E-state index in [0.29, 0.717) is 11.6 Å². The minimum Gasteiger partial charge on any atom is -0.381 e. The summed E-state index contributed by atoms with van der Waals surface area (Å²) >= 11 is 19.1. The minimum atomic E-state index is -0.504. The van der Waals surface area contributed by atoms with E-state index >= 15 is 0 Å². The van der Waals surface area contributed by atoms with Crippen molar-refractivity contribution in [3.8, 4) is 0 Å². The standard InChI is InChI=1S/C28H35Cl3FNO2/c1-4-18-13-24(29)23(25(30)14-18)12-19-7-5-6-8-20(15-22(11-19)35-3)17(2)28(34)33-21-9-10-27(32)26(31)16-21/h9-10,13-14,16-17,19-20,22H,4-8,11-12,15H2,1-3H3,(H,33,34). The fraction of sp³-hybridized carbons (Fsp3) is 0.536. The highest BCUT2D eigenvalue weighted by atomic mass is 35.5. The molecule has 1 amide bonds. The maximum Gasteiger partial charge on any atom is 0.227 e. The lowest BCUT2D eigenvalue weighted by molar-refractivity contribution is -0.121. The van der Waals surface area contributed by atoms with Crippen LogP contribution in [-0.4, -0.2) is 19.1 Å². The van der Waals surface area contributed by atoms with E-state index in [9.17, 15) is 9.18 Å². The van der Waals surface area contributed by atoms with Gasteiger partial charge in [0, 0.05) is 28.8 Å². The number of ether oxygens (including phenoxy) is 1. The molecular formula is C28H35Cl3FNO2. The molecule has 0 saturated heterocycles. The third kappa shape index (κ3) is 7.82. The average molecular weight is 543 g/mol. The number of aryl methyl sites for hydroxylation is 1. The SMILES string of the molecule is CCc1cc(Cl)c(CC2CCCCC(C(C)C(=O)Nc3ccc(F)c(Cl)c3)CC(OC)C2)c(Cl)c1. The van der Waals surface area contributed by atoms with Crippen molar-refractivity contribution in [2.24, 2.45) is 17.8 Å². The molecule has 0 bridgehead atoms. The Kier molecular flexibility index (Phi) is 10.7. The zero-order valence-corrected chi connectivity index (χ0v) is 22.9. The van der Waals surface area contributed by atoms with Gasteiger partial charge in [0.05, 0.1) is 11.1 Å². The first-order valence-electron chi connectivity index (χ1n) is 12.5. The highest BCUT2D eigenvalue weighted by molar-refractivity contribution is 6.36. The minimum absolute atomic E-state index is 0.00655. The van der Waals surface area contributed by atoms with E-state index in [1.54, 1.807) is 7.11 Å². The van der Waals surface area contributed by atoms with Gasteiger partial charge < -0.3 is 10.1 Å². The van der Waals surface area contributed by atoms with Gasteiger partial charge in [0.15, 0.2) is 0 Å². The fourth-order valence-electron chi connectivity index (χ4n) is 5.10. The van der Waals surface area contributed by atoms with Gasteiger partial charge >= 0.3 is 0 Å². The second-order valence-electron chi connectivity index (χ2n) is 9.74. The maximum absolute atomic E-state index is 13.5. The van der Waals surface area contributed by atoms with Crippen LogP contribution in [-0.2, 0) is 22.4 Å². The Balaban J connectivity index is 1.67. The summed E-state index contributed by atoms with van der Waals surface area (Å²) in [7, 11) is 1.75. The summed E-state index contributed by atoms with van der Waals surface area (Å²) in [5, 5.41) is 4.37. The fourth-order valence-corrected chi connectivity index (χ4v) is 5.97. The van der Waals surface area contributed by atoms with E-state index < -0.39 is 5.82 Å². The molecule has 1 aliphatic carbocycles. The Morgan fingerprint density at radius 3 is 2.40 bits per heavy atom. The second-order valence-corrected chi connectivity index (χ2v) is 11.0. The quantitative estimate of drug-likeness (QED) is 0.380. The van der Waals surface area contributed by atoms with Crippen LogP contribution in [0.2, 0.25) is 15.1 Å². The summed E-state index contributed by atoms with van der Waals surface area (Å²) in [6, 6.07) is 8.28. The van der Waals surface area contributed by atoms with Crippen LogP contribution in [0.4, 0.5) is 10.1 Å². The van der Waals surface area contributed by atoms with Gasteiger partial charge in [-0.05, 0) is 85.4 Å². The van der Waals surface area contributed by atoms with Gasteiger partial charge in [0.2, 0.25) is 5.91 Å². The number of carbonyl (C=O) groups excluding carboxylic acids is 1. The number of nitrogens with one attached hydrogen (secondary N) is 1. The largest absolute Gasteiger partial charge is 0.381 e. The molecule has 192 valence electrons. The van der Waals surface area contributed by atoms with Crippen LogP contribution in [0.1, 0.15) is 63.5 Å². The lowest BCUT2D eigenvalue weighted by Gasteiger charge is -2.28. The van der Waals surface area contributed by atoms with Gasteiger partial charge in [-0.1, -0.05) is 67.9 Å². The number of benzene rings is 2. The van der Waals surface area contributed by atoms with Crippen LogP contribution in [0.5, 0.6) is 0 Å². The van der Waals surface area contributed by atoms with Crippen molar-refractivity contribution in [3.05, 3.63) is 62.3 Å². The number of amides is 1. The molecule has 2 aromatic carbocycles. The second kappa shape index (κ2) is 13.3.